The summed E-state index contributed by atoms with van der Waals surface area (Å²) >= 11 is 0. The second-order valence-electron chi connectivity index (χ2n) is 5.41. The van der Waals surface area contributed by atoms with Crippen LogP contribution in [0.4, 0.5) is 8.78 Å². The fraction of sp³-hybridized carbons (Fsp3) is 0.533. The third-order valence-electron chi connectivity index (χ3n) is 4.01. The lowest BCUT2D eigenvalue weighted by atomic mass is 10.0. The number of carbonyl (C=O) groups is 1. The van der Waals surface area contributed by atoms with Gasteiger partial charge < -0.3 is 10.2 Å². The minimum absolute atomic E-state index is 0.0325. The quantitative estimate of drug-likeness (QED) is 0.920. The lowest BCUT2D eigenvalue weighted by Crippen LogP contribution is -2.32. The third kappa shape index (κ3) is 3.33. The Morgan fingerprint density at radius 3 is 2.90 bits per heavy atom. The lowest BCUT2D eigenvalue weighted by Gasteiger charge is -2.26. The number of nitrogens with zero attached hydrogens (tertiary/aromatic N) is 1. The highest BCUT2D eigenvalue weighted by Gasteiger charge is 2.24. The summed E-state index contributed by atoms with van der Waals surface area (Å²) in [5.74, 6) is -0.667. The van der Waals surface area contributed by atoms with E-state index in [1.54, 1.807) is 14.0 Å². The van der Waals surface area contributed by atoms with Crippen LogP contribution in [-0.2, 0) is 4.79 Å². The molecule has 110 valence electrons. The van der Waals surface area contributed by atoms with Gasteiger partial charge in [0, 0.05) is 19.0 Å². The molecule has 1 heterocycles. The van der Waals surface area contributed by atoms with Gasteiger partial charge >= 0.3 is 0 Å². The summed E-state index contributed by atoms with van der Waals surface area (Å²) in [5.41, 5.74) is 0.213. The number of carbonyl (C=O) groups excluding carboxylic acids is 1. The highest BCUT2D eigenvalue weighted by Crippen LogP contribution is 2.24. The Morgan fingerprint density at radius 1 is 1.50 bits per heavy atom. The highest BCUT2D eigenvalue weighted by atomic mass is 19.1. The number of halogens is 2. The standard InChI is InChI=1S/C15H20F2N2O/c1-10(13-8-12(16)3-4-14(13)17)19(2)15(20)7-11-5-6-18-9-11/h3-4,8,10-11,18H,5-7,9H2,1-2H3/t10-,11+/m0/s1. The summed E-state index contributed by atoms with van der Waals surface area (Å²) < 4.78 is 27.0. The van der Waals surface area contributed by atoms with Crippen LogP contribution in [0.1, 0.15) is 31.4 Å². The van der Waals surface area contributed by atoms with Crippen molar-refractivity contribution in [1.29, 1.82) is 0 Å². The van der Waals surface area contributed by atoms with Crippen molar-refractivity contribution in [1.82, 2.24) is 10.2 Å². The normalized spacial score (nSPS) is 19.9. The number of benzene rings is 1. The third-order valence-corrected chi connectivity index (χ3v) is 4.01. The molecule has 1 aromatic carbocycles. The van der Waals surface area contributed by atoms with Gasteiger partial charge in [-0.25, -0.2) is 8.78 Å². The second-order valence-corrected chi connectivity index (χ2v) is 5.41. The first-order valence-electron chi connectivity index (χ1n) is 6.90. The second kappa shape index (κ2) is 6.31. The molecular weight excluding hydrogens is 262 g/mol. The summed E-state index contributed by atoms with van der Waals surface area (Å²) in [4.78, 5) is 13.7. The molecule has 1 aromatic rings. The Morgan fingerprint density at radius 2 is 2.25 bits per heavy atom. The van der Waals surface area contributed by atoms with Crippen molar-refractivity contribution < 1.29 is 13.6 Å². The maximum absolute atomic E-state index is 13.7. The molecule has 20 heavy (non-hydrogen) atoms. The monoisotopic (exact) mass is 282 g/mol. The van der Waals surface area contributed by atoms with Gasteiger partial charge in [0.25, 0.3) is 0 Å². The smallest absolute Gasteiger partial charge is 0.223 e. The van der Waals surface area contributed by atoms with Crippen molar-refractivity contribution in [3.8, 4) is 0 Å². The SMILES string of the molecule is C[C@@H](c1cc(F)ccc1F)N(C)C(=O)C[C@H]1CCNC1. The van der Waals surface area contributed by atoms with Crippen molar-refractivity contribution >= 4 is 5.91 Å². The molecule has 0 saturated carbocycles. The maximum atomic E-state index is 13.7. The Labute approximate surface area is 118 Å². The highest BCUT2D eigenvalue weighted by molar-refractivity contribution is 5.76. The van der Waals surface area contributed by atoms with E-state index >= 15 is 0 Å². The Kier molecular flexibility index (Phi) is 4.70. The molecule has 1 amide bonds. The molecule has 1 saturated heterocycles. The summed E-state index contributed by atoms with van der Waals surface area (Å²) in [7, 11) is 1.64. The zero-order valence-corrected chi connectivity index (χ0v) is 11.8. The zero-order chi connectivity index (χ0) is 14.7. The molecule has 0 spiro atoms. The van der Waals surface area contributed by atoms with E-state index in [-0.39, 0.29) is 11.5 Å². The minimum Gasteiger partial charge on any atom is -0.339 e. The van der Waals surface area contributed by atoms with Crippen LogP contribution in [0.3, 0.4) is 0 Å². The van der Waals surface area contributed by atoms with E-state index in [0.29, 0.717) is 12.3 Å². The molecule has 3 nitrogen and oxygen atoms in total. The van der Waals surface area contributed by atoms with Gasteiger partial charge in [-0.15, -0.1) is 0 Å². The number of hydrogen-bond donors (Lipinski definition) is 1. The summed E-state index contributed by atoms with van der Waals surface area (Å²) in [6.07, 6.45) is 1.44. The van der Waals surface area contributed by atoms with Crippen LogP contribution < -0.4 is 5.32 Å². The van der Waals surface area contributed by atoms with Crippen LogP contribution in [0, 0.1) is 17.6 Å². The molecular formula is C15H20F2N2O. The zero-order valence-electron chi connectivity index (χ0n) is 11.8. The van der Waals surface area contributed by atoms with Crippen LogP contribution in [0.2, 0.25) is 0 Å². The van der Waals surface area contributed by atoms with Gasteiger partial charge in [0.15, 0.2) is 0 Å². The molecule has 2 rings (SSSR count). The molecule has 5 heteroatoms. The molecule has 0 bridgehead atoms. The van der Waals surface area contributed by atoms with E-state index in [2.05, 4.69) is 5.32 Å². The van der Waals surface area contributed by atoms with Crippen molar-refractivity contribution in [2.45, 2.75) is 25.8 Å². The first-order valence-corrected chi connectivity index (χ1v) is 6.90. The van der Waals surface area contributed by atoms with E-state index < -0.39 is 17.7 Å². The van der Waals surface area contributed by atoms with Gasteiger partial charge in [0.05, 0.1) is 6.04 Å². The van der Waals surface area contributed by atoms with E-state index in [9.17, 15) is 13.6 Å². The van der Waals surface area contributed by atoms with Crippen molar-refractivity contribution in [2.24, 2.45) is 5.92 Å². The Hall–Kier alpha value is -1.49. The first kappa shape index (κ1) is 14.9. The van der Waals surface area contributed by atoms with Crippen LogP contribution in [0.25, 0.3) is 0 Å². The van der Waals surface area contributed by atoms with Crippen LogP contribution in [0.15, 0.2) is 18.2 Å². The van der Waals surface area contributed by atoms with Crippen LogP contribution in [-0.4, -0.2) is 30.9 Å². The first-order chi connectivity index (χ1) is 9.49. The molecule has 0 aromatic heterocycles. The Balaban J connectivity index is 2.05. The minimum atomic E-state index is -0.492. The van der Waals surface area contributed by atoms with Crippen molar-refractivity contribution in [2.75, 3.05) is 20.1 Å². The van der Waals surface area contributed by atoms with E-state index in [1.165, 1.54) is 4.90 Å². The summed E-state index contributed by atoms with van der Waals surface area (Å²) in [5, 5.41) is 3.21. The molecule has 1 aliphatic rings. The van der Waals surface area contributed by atoms with Gasteiger partial charge in [0.1, 0.15) is 11.6 Å². The number of rotatable bonds is 4. The topological polar surface area (TPSA) is 32.3 Å². The van der Waals surface area contributed by atoms with Gasteiger partial charge in [-0.05, 0) is 50.6 Å². The molecule has 0 aliphatic carbocycles. The fourth-order valence-electron chi connectivity index (χ4n) is 2.54. The van der Waals surface area contributed by atoms with Crippen LogP contribution >= 0.6 is 0 Å². The average Bonchev–Trinajstić information content (AvgIpc) is 2.92. The summed E-state index contributed by atoms with van der Waals surface area (Å²) in [6, 6.07) is 2.85. The van der Waals surface area contributed by atoms with Gasteiger partial charge in [0.2, 0.25) is 5.91 Å². The van der Waals surface area contributed by atoms with Crippen molar-refractivity contribution in [3.63, 3.8) is 0 Å². The number of amides is 1. The van der Waals surface area contributed by atoms with E-state index in [0.717, 1.165) is 37.7 Å². The van der Waals surface area contributed by atoms with Gasteiger partial charge in [-0.3, -0.25) is 4.79 Å². The largest absolute Gasteiger partial charge is 0.339 e. The predicted octanol–water partition coefficient (Wildman–Crippen LogP) is 2.48. The van der Waals surface area contributed by atoms with Gasteiger partial charge in [-0.1, -0.05) is 0 Å². The van der Waals surface area contributed by atoms with Crippen LogP contribution in [0.5, 0.6) is 0 Å². The summed E-state index contributed by atoms with van der Waals surface area (Å²) in [6.45, 7) is 3.50. The number of nitrogens with one attached hydrogen (secondary N) is 1. The Bertz CT molecular complexity index is 487. The van der Waals surface area contributed by atoms with E-state index in [4.69, 9.17) is 0 Å². The predicted molar refractivity (Wildman–Crippen MR) is 73.1 cm³/mol. The maximum Gasteiger partial charge on any atom is 0.223 e. The van der Waals surface area contributed by atoms with Crippen molar-refractivity contribution in [3.05, 3.63) is 35.4 Å². The molecule has 1 N–H and O–H groups in total. The average molecular weight is 282 g/mol. The molecule has 0 unspecified atom stereocenters. The van der Waals surface area contributed by atoms with E-state index in [1.807, 2.05) is 0 Å². The molecule has 1 aliphatic heterocycles. The fourth-order valence-corrected chi connectivity index (χ4v) is 2.54. The molecule has 0 radical (unpaired) electrons. The molecule has 1 fully saturated rings. The lowest BCUT2D eigenvalue weighted by molar-refractivity contribution is -0.132. The number of hydrogen-bond acceptors (Lipinski definition) is 2. The molecule has 2 atom stereocenters. The van der Waals surface area contributed by atoms with Gasteiger partial charge in [-0.2, -0.15) is 0 Å².